The molecule has 0 fully saturated rings. The van der Waals surface area contributed by atoms with Crippen LogP contribution in [0.2, 0.25) is 0 Å². The van der Waals surface area contributed by atoms with E-state index in [2.05, 4.69) is 13.8 Å². The Balaban J connectivity index is 3.33. The first-order valence-electron chi connectivity index (χ1n) is 5.45. The highest BCUT2D eigenvalue weighted by molar-refractivity contribution is 4.57. The number of ether oxygens (including phenoxy) is 2. The first-order valence-corrected chi connectivity index (χ1v) is 5.45. The Morgan fingerprint density at radius 3 is 2.38 bits per heavy atom. The van der Waals surface area contributed by atoms with E-state index in [-0.39, 0.29) is 0 Å². The molecule has 0 N–H and O–H groups in total. The molecule has 1 atom stereocenters. The van der Waals surface area contributed by atoms with Crippen LogP contribution < -0.4 is 0 Å². The zero-order valence-electron chi connectivity index (χ0n) is 9.34. The van der Waals surface area contributed by atoms with Gasteiger partial charge in [0, 0.05) is 20.3 Å². The molecule has 2 nitrogen and oxygen atoms in total. The topological polar surface area (TPSA) is 18.5 Å². The Hall–Kier alpha value is -0.0800. The van der Waals surface area contributed by atoms with Gasteiger partial charge in [-0.05, 0) is 32.6 Å². The van der Waals surface area contributed by atoms with E-state index in [9.17, 15) is 0 Å². The fraction of sp³-hybridized carbons (Fsp3) is 1.00. The smallest absolute Gasteiger partial charge is 0.0574 e. The van der Waals surface area contributed by atoms with Crippen LogP contribution in [0.25, 0.3) is 0 Å². The van der Waals surface area contributed by atoms with E-state index in [1.165, 1.54) is 25.7 Å². The van der Waals surface area contributed by atoms with Crippen LogP contribution in [0.1, 0.15) is 46.0 Å². The van der Waals surface area contributed by atoms with Gasteiger partial charge < -0.3 is 9.47 Å². The van der Waals surface area contributed by atoms with Crippen LogP contribution in [0.5, 0.6) is 0 Å². The molecule has 0 aromatic carbocycles. The second kappa shape index (κ2) is 10.0. The van der Waals surface area contributed by atoms with Crippen LogP contribution in [-0.4, -0.2) is 26.4 Å². The zero-order valence-corrected chi connectivity index (χ0v) is 9.34. The van der Waals surface area contributed by atoms with Crippen molar-refractivity contribution < 1.29 is 9.47 Å². The lowest BCUT2D eigenvalue weighted by Gasteiger charge is -2.15. The molecule has 0 aromatic heterocycles. The summed E-state index contributed by atoms with van der Waals surface area (Å²) in [6.45, 7) is 6.00. The van der Waals surface area contributed by atoms with Gasteiger partial charge in [0.2, 0.25) is 0 Å². The van der Waals surface area contributed by atoms with Gasteiger partial charge >= 0.3 is 0 Å². The predicted octanol–water partition coefficient (Wildman–Crippen LogP) is 3.01. The highest BCUT2D eigenvalue weighted by atomic mass is 16.5. The third-order valence-electron chi connectivity index (χ3n) is 2.14. The van der Waals surface area contributed by atoms with E-state index in [0.717, 1.165) is 19.6 Å². The van der Waals surface area contributed by atoms with E-state index in [4.69, 9.17) is 9.47 Å². The maximum atomic E-state index is 5.62. The van der Waals surface area contributed by atoms with Crippen molar-refractivity contribution in [3.63, 3.8) is 0 Å². The molecule has 0 radical (unpaired) electrons. The van der Waals surface area contributed by atoms with Gasteiger partial charge in [0.25, 0.3) is 0 Å². The average molecular weight is 188 g/mol. The van der Waals surface area contributed by atoms with Crippen LogP contribution in [0.3, 0.4) is 0 Å². The highest BCUT2D eigenvalue weighted by Crippen LogP contribution is 2.10. The summed E-state index contributed by atoms with van der Waals surface area (Å²) < 4.78 is 10.6. The number of rotatable bonds is 9. The van der Waals surface area contributed by atoms with E-state index < -0.39 is 0 Å². The Morgan fingerprint density at radius 2 is 1.85 bits per heavy atom. The first kappa shape index (κ1) is 12.9. The van der Waals surface area contributed by atoms with Crippen molar-refractivity contribution in [3.8, 4) is 0 Å². The SMILES string of the molecule is CCCC(CCCCOC)OCC. The van der Waals surface area contributed by atoms with Gasteiger partial charge in [0.05, 0.1) is 6.10 Å². The lowest BCUT2D eigenvalue weighted by atomic mass is 10.1. The van der Waals surface area contributed by atoms with Crippen LogP contribution in [0, 0.1) is 0 Å². The van der Waals surface area contributed by atoms with Crippen molar-refractivity contribution in [1.82, 2.24) is 0 Å². The Morgan fingerprint density at radius 1 is 1.08 bits per heavy atom. The van der Waals surface area contributed by atoms with Gasteiger partial charge in [-0.15, -0.1) is 0 Å². The lowest BCUT2D eigenvalue weighted by molar-refractivity contribution is 0.0469. The van der Waals surface area contributed by atoms with Gasteiger partial charge in [-0.2, -0.15) is 0 Å². The summed E-state index contributed by atoms with van der Waals surface area (Å²) in [6.07, 6.45) is 6.45. The molecule has 80 valence electrons. The monoisotopic (exact) mass is 188 g/mol. The molecule has 0 rings (SSSR count). The highest BCUT2D eigenvalue weighted by Gasteiger charge is 2.05. The third-order valence-corrected chi connectivity index (χ3v) is 2.14. The Bertz CT molecular complexity index is 88.1. The molecule has 0 amide bonds. The minimum Gasteiger partial charge on any atom is -0.385 e. The first-order chi connectivity index (χ1) is 6.35. The van der Waals surface area contributed by atoms with Crippen molar-refractivity contribution in [2.24, 2.45) is 0 Å². The van der Waals surface area contributed by atoms with Gasteiger partial charge in [0.15, 0.2) is 0 Å². The molecule has 0 saturated heterocycles. The molecule has 0 aromatic rings. The summed E-state index contributed by atoms with van der Waals surface area (Å²) >= 11 is 0. The summed E-state index contributed by atoms with van der Waals surface area (Å²) in [4.78, 5) is 0. The van der Waals surface area contributed by atoms with E-state index in [1.54, 1.807) is 7.11 Å². The van der Waals surface area contributed by atoms with Crippen LogP contribution >= 0.6 is 0 Å². The number of hydrogen-bond donors (Lipinski definition) is 0. The predicted molar refractivity (Wildman–Crippen MR) is 56.0 cm³/mol. The van der Waals surface area contributed by atoms with Crippen molar-refractivity contribution in [1.29, 1.82) is 0 Å². The van der Waals surface area contributed by atoms with E-state index in [0.29, 0.717) is 6.10 Å². The summed E-state index contributed by atoms with van der Waals surface area (Å²) in [5.41, 5.74) is 0. The van der Waals surface area contributed by atoms with Crippen LogP contribution in [0.15, 0.2) is 0 Å². The Labute approximate surface area is 82.6 Å². The molecule has 0 heterocycles. The fourth-order valence-electron chi connectivity index (χ4n) is 1.49. The molecule has 0 aliphatic rings. The molecule has 0 bridgehead atoms. The quantitative estimate of drug-likeness (QED) is 0.518. The van der Waals surface area contributed by atoms with Gasteiger partial charge in [-0.3, -0.25) is 0 Å². The fourth-order valence-corrected chi connectivity index (χ4v) is 1.49. The molecular weight excluding hydrogens is 164 g/mol. The molecular formula is C11H24O2. The molecule has 0 saturated carbocycles. The van der Waals surface area contributed by atoms with Gasteiger partial charge in [0.1, 0.15) is 0 Å². The lowest BCUT2D eigenvalue weighted by Crippen LogP contribution is -2.12. The maximum absolute atomic E-state index is 5.62. The van der Waals surface area contributed by atoms with Crippen LogP contribution in [-0.2, 0) is 9.47 Å². The number of hydrogen-bond acceptors (Lipinski definition) is 2. The average Bonchev–Trinajstić information content (AvgIpc) is 2.13. The molecule has 0 aliphatic carbocycles. The molecule has 1 unspecified atom stereocenters. The summed E-state index contributed by atoms with van der Waals surface area (Å²) in [7, 11) is 1.76. The summed E-state index contributed by atoms with van der Waals surface area (Å²) in [5.74, 6) is 0. The largest absolute Gasteiger partial charge is 0.385 e. The van der Waals surface area contributed by atoms with Crippen LogP contribution in [0.4, 0.5) is 0 Å². The van der Waals surface area contributed by atoms with Crippen molar-refractivity contribution in [3.05, 3.63) is 0 Å². The number of methoxy groups -OCH3 is 1. The van der Waals surface area contributed by atoms with Crippen molar-refractivity contribution in [2.45, 2.75) is 52.1 Å². The Kier molecular flexibility index (Phi) is 9.94. The summed E-state index contributed by atoms with van der Waals surface area (Å²) in [6, 6.07) is 0. The second-order valence-electron chi connectivity index (χ2n) is 3.35. The summed E-state index contributed by atoms with van der Waals surface area (Å²) in [5, 5.41) is 0. The van der Waals surface area contributed by atoms with Crippen molar-refractivity contribution in [2.75, 3.05) is 20.3 Å². The third kappa shape index (κ3) is 8.26. The van der Waals surface area contributed by atoms with Crippen molar-refractivity contribution >= 4 is 0 Å². The maximum Gasteiger partial charge on any atom is 0.0574 e. The molecule has 13 heavy (non-hydrogen) atoms. The van der Waals surface area contributed by atoms with E-state index in [1.807, 2.05) is 0 Å². The van der Waals surface area contributed by atoms with Gasteiger partial charge in [-0.25, -0.2) is 0 Å². The minimum absolute atomic E-state index is 0.479. The minimum atomic E-state index is 0.479. The van der Waals surface area contributed by atoms with Gasteiger partial charge in [-0.1, -0.05) is 13.3 Å². The molecule has 0 spiro atoms. The zero-order chi connectivity index (χ0) is 9.94. The van der Waals surface area contributed by atoms with E-state index >= 15 is 0 Å². The number of unbranched alkanes of at least 4 members (excludes halogenated alkanes) is 1. The second-order valence-corrected chi connectivity index (χ2v) is 3.35. The normalized spacial score (nSPS) is 13.2. The molecule has 2 heteroatoms. The molecule has 0 aliphatic heterocycles. The standard InChI is InChI=1S/C11H24O2/c1-4-8-11(13-5-2)9-6-7-10-12-3/h11H,4-10H2,1-3H3.